The predicted octanol–water partition coefficient (Wildman–Crippen LogP) is -1.80. The van der Waals surface area contributed by atoms with Crippen LogP contribution >= 0.6 is 0 Å². The van der Waals surface area contributed by atoms with Crippen molar-refractivity contribution in [3.05, 3.63) is 0 Å². The first-order valence-electron chi connectivity index (χ1n) is 14.1. The summed E-state index contributed by atoms with van der Waals surface area (Å²) in [6.45, 7) is 14.4. The minimum atomic E-state index is -1.67. The molecule has 0 aromatic rings. The smallest absolute Gasteiger partial charge is 0.111 e. The molecule has 0 rings (SSSR count). The van der Waals surface area contributed by atoms with Crippen LogP contribution in [-0.2, 0) is 28.4 Å². The summed E-state index contributed by atoms with van der Waals surface area (Å²) in [7, 11) is 0. The highest BCUT2D eigenvalue weighted by molar-refractivity contribution is 4.79. The van der Waals surface area contributed by atoms with E-state index in [0.29, 0.717) is 39.6 Å². The molecule has 0 radical (unpaired) electrons. The Morgan fingerprint density at radius 3 is 0.829 bits per heavy atom. The monoisotopic (exact) mass is 606 g/mol. The van der Waals surface area contributed by atoms with Crippen molar-refractivity contribution >= 4 is 0 Å². The molecule has 0 amide bonds. The van der Waals surface area contributed by atoms with Gasteiger partial charge in [0.05, 0.1) is 102 Å². The van der Waals surface area contributed by atoms with E-state index in [2.05, 4.69) is 0 Å². The second kappa shape index (κ2) is 25.9. The Bertz CT molecular complexity index is 558. The standard InChI is InChI=1S/C21H44O8.C6H14O6/c1-15(23)9-24-17(3)11-26-19(5)13-28-21(7)14-29-20(6)12-27-18(4)10-25-16(2)8-22;7-1-3(9)5(11)6(12)4(10)2-8/h15-23H,8-14H2,1-7H3;3-12H,1-2H2. The third-order valence-corrected chi connectivity index (χ3v) is 5.47. The van der Waals surface area contributed by atoms with Crippen LogP contribution in [0.15, 0.2) is 0 Å². The van der Waals surface area contributed by atoms with E-state index in [-0.39, 0.29) is 43.2 Å². The summed E-state index contributed by atoms with van der Waals surface area (Å²) < 4.78 is 33.8. The van der Waals surface area contributed by atoms with Gasteiger partial charge in [-0.15, -0.1) is 0 Å². The van der Waals surface area contributed by atoms with Crippen molar-refractivity contribution in [1.82, 2.24) is 0 Å². The summed E-state index contributed by atoms with van der Waals surface area (Å²) >= 11 is 0. The van der Waals surface area contributed by atoms with Crippen molar-refractivity contribution in [2.45, 2.75) is 116 Å². The molecule has 250 valence electrons. The Morgan fingerprint density at radius 2 is 0.610 bits per heavy atom. The maximum Gasteiger partial charge on any atom is 0.111 e. The van der Waals surface area contributed by atoms with Gasteiger partial charge in [-0.25, -0.2) is 0 Å². The van der Waals surface area contributed by atoms with Gasteiger partial charge in [0.15, 0.2) is 0 Å². The largest absolute Gasteiger partial charge is 0.394 e. The zero-order valence-electron chi connectivity index (χ0n) is 25.7. The molecule has 0 aromatic heterocycles. The van der Waals surface area contributed by atoms with Crippen LogP contribution in [0.5, 0.6) is 0 Å². The van der Waals surface area contributed by atoms with E-state index in [1.807, 2.05) is 41.5 Å². The van der Waals surface area contributed by atoms with Crippen LogP contribution in [0.1, 0.15) is 48.5 Å². The molecular formula is C27H58O14. The minimum absolute atomic E-state index is 0.00355. The molecule has 0 saturated carbocycles. The molecule has 0 spiro atoms. The zero-order valence-corrected chi connectivity index (χ0v) is 25.7. The molecule has 14 nitrogen and oxygen atoms in total. The number of aliphatic hydroxyl groups is 8. The lowest BCUT2D eigenvalue weighted by atomic mass is 10.0. The van der Waals surface area contributed by atoms with Gasteiger partial charge < -0.3 is 69.3 Å². The fourth-order valence-electron chi connectivity index (χ4n) is 2.77. The lowest BCUT2D eigenvalue weighted by molar-refractivity contribution is -0.123. The van der Waals surface area contributed by atoms with Gasteiger partial charge in [-0.3, -0.25) is 0 Å². The first-order chi connectivity index (χ1) is 19.2. The Kier molecular flexibility index (Phi) is 26.9. The number of hydrogen-bond acceptors (Lipinski definition) is 14. The van der Waals surface area contributed by atoms with Crippen LogP contribution in [0.2, 0.25) is 0 Å². The van der Waals surface area contributed by atoms with E-state index in [4.69, 9.17) is 64.2 Å². The summed E-state index contributed by atoms with van der Waals surface area (Å²) in [6, 6.07) is 0. The molecule has 0 heterocycles. The second-order valence-electron chi connectivity index (χ2n) is 10.4. The van der Waals surface area contributed by atoms with Gasteiger partial charge in [0.1, 0.15) is 24.4 Å². The number of hydrogen-bond donors (Lipinski definition) is 8. The van der Waals surface area contributed by atoms with Gasteiger partial charge in [0.25, 0.3) is 0 Å². The Balaban J connectivity index is 0. The third kappa shape index (κ3) is 24.6. The van der Waals surface area contributed by atoms with Gasteiger partial charge in [-0.2, -0.15) is 0 Å². The molecule has 41 heavy (non-hydrogen) atoms. The number of rotatable bonds is 24. The quantitative estimate of drug-likeness (QED) is 0.0609. The molecule has 0 aliphatic carbocycles. The maximum atomic E-state index is 9.21. The fraction of sp³-hybridized carbons (Fsp3) is 1.00. The molecule has 8 N–H and O–H groups in total. The second-order valence-corrected chi connectivity index (χ2v) is 10.4. The lowest BCUT2D eigenvalue weighted by Gasteiger charge is -2.24. The van der Waals surface area contributed by atoms with Crippen molar-refractivity contribution in [2.75, 3.05) is 59.5 Å². The van der Waals surface area contributed by atoms with Crippen LogP contribution in [-0.4, -0.2) is 167 Å². The van der Waals surface area contributed by atoms with Gasteiger partial charge in [-0.05, 0) is 48.5 Å². The minimum Gasteiger partial charge on any atom is -0.394 e. The molecule has 0 saturated heterocycles. The maximum absolute atomic E-state index is 9.21. The van der Waals surface area contributed by atoms with E-state index in [9.17, 15) is 5.11 Å². The average molecular weight is 607 g/mol. The number of aliphatic hydroxyl groups excluding tert-OH is 8. The predicted molar refractivity (Wildman–Crippen MR) is 149 cm³/mol. The molecule has 0 aliphatic rings. The van der Waals surface area contributed by atoms with Crippen molar-refractivity contribution in [2.24, 2.45) is 0 Å². The fourth-order valence-corrected chi connectivity index (χ4v) is 2.77. The molecule has 0 aliphatic heterocycles. The molecule has 11 atom stereocenters. The molecule has 0 bridgehead atoms. The summed E-state index contributed by atoms with van der Waals surface area (Å²) in [5.74, 6) is 0. The van der Waals surface area contributed by atoms with E-state index in [1.165, 1.54) is 0 Å². The van der Waals surface area contributed by atoms with Crippen molar-refractivity contribution in [3.8, 4) is 0 Å². The highest BCUT2D eigenvalue weighted by Crippen LogP contribution is 2.05. The summed E-state index contributed by atoms with van der Waals surface area (Å²) in [4.78, 5) is 0. The molecule has 0 aromatic carbocycles. The summed E-state index contributed by atoms with van der Waals surface area (Å²) in [5, 5.41) is 70.3. The summed E-state index contributed by atoms with van der Waals surface area (Å²) in [6.07, 6.45) is -7.35. The van der Waals surface area contributed by atoms with E-state index in [0.717, 1.165) is 0 Å². The van der Waals surface area contributed by atoms with Gasteiger partial charge in [0, 0.05) is 0 Å². The molecule has 11 unspecified atom stereocenters. The number of ether oxygens (including phenoxy) is 6. The van der Waals surface area contributed by atoms with Crippen LogP contribution in [0, 0.1) is 0 Å². The first kappa shape index (κ1) is 42.6. The van der Waals surface area contributed by atoms with Crippen molar-refractivity contribution in [3.63, 3.8) is 0 Å². The van der Waals surface area contributed by atoms with E-state index in [1.54, 1.807) is 6.92 Å². The topological polar surface area (TPSA) is 217 Å². The van der Waals surface area contributed by atoms with E-state index < -0.39 is 43.7 Å². The van der Waals surface area contributed by atoms with Crippen LogP contribution in [0.25, 0.3) is 0 Å². The average Bonchev–Trinajstić information content (AvgIpc) is 2.96. The van der Waals surface area contributed by atoms with Gasteiger partial charge in [-0.1, -0.05) is 0 Å². The normalized spacial score (nSPS) is 20.0. The first-order valence-corrected chi connectivity index (χ1v) is 14.1. The van der Waals surface area contributed by atoms with Crippen LogP contribution in [0.3, 0.4) is 0 Å². The van der Waals surface area contributed by atoms with Crippen molar-refractivity contribution in [1.29, 1.82) is 0 Å². The van der Waals surface area contributed by atoms with Crippen LogP contribution < -0.4 is 0 Å². The summed E-state index contributed by atoms with van der Waals surface area (Å²) in [5.41, 5.74) is 0. The molecule has 0 fully saturated rings. The van der Waals surface area contributed by atoms with E-state index >= 15 is 0 Å². The highest BCUT2D eigenvalue weighted by atomic mass is 16.6. The highest BCUT2D eigenvalue weighted by Gasteiger charge is 2.29. The Labute approximate surface area is 244 Å². The van der Waals surface area contributed by atoms with Crippen molar-refractivity contribution < 1.29 is 69.3 Å². The SMILES string of the molecule is CC(O)COC(C)COC(C)COC(C)COC(C)COC(C)COC(C)CO.OCC(O)C(O)C(O)C(O)CO. The molecular weight excluding hydrogens is 548 g/mol. The van der Waals surface area contributed by atoms with Crippen LogP contribution in [0.4, 0.5) is 0 Å². The Hall–Kier alpha value is -0.560. The Morgan fingerprint density at radius 1 is 0.366 bits per heavy atom. The molecule has 14 heteroatoms. The van der Waals surface area contributed by atoms with Gasteiger partial charge >= 0.3 is 0 Å². The lowest BCUT2D eigenvalue weighted by Crippen LogP contribution is -2.46. The zero-order chi connectivity index (χ0) is 32.0. The third-order valence-electron chi connectivity index (χ3n) is 5.47. The van der Waals surface area contributed by atoms with Gasteiger partial charge in [0.2, 0.25) is 0 Å².